The average molecular weight is 312 g/mol. The SMILES string of the molecule is O=S(=O)(O)C1(F)C(F)(F)C(F)(F)C(F)(F)C1(F)F. The summed E-state index contributed by atoms with van der Waals surface area (Å²) >= 11 is 0. The lowest BCUT2D eigenvalue weighted by Gasteiger charge is -2.27. The molecule has 1 N–H and O–H groups in total. The Morgan fingerprint density at radius 2 is 0.833 bits per heavy atom. The Labute approximate surface area is 92.3 Å². The molecule has 13 heteroatoms. The summed E-state index contributed by atoms with van der Waals surface area (Å²) in [5.41, 5.74) is 0. The molecule has 1 aliphatic rings. The number of halogens is 9. The zero-order chi connectivity index (χ0) is 15.0. The molecule has 18 heavy (non-hydrogen) atoms. The third kappa shape index (κ3) is 1.10. The fourth-order valence-corrected chi connectivity index (χ4v) is 2.22. The van der Waals surface area contributed by atoms with Crippen molar-refractivity contribution in [3.63, 3.8) is 0 Å². The van der Waals surface area contributed by atoms with Gasteiger partial charge in [-0.1, -0.05) is 0 Å². The third-order valence-electron chi connectivity index (χ3n) is 2.35. The van der Waals surface area contributed by atoms with Gasteiger partial charge in [0.05, 0.1) is 0 Å². The molecule has 0 aliphatic heterocycles. The van der Waals surface area contributed by atoms with Crippen molar-refractivity contribution in [2.24, 2.45) is 0 Å². The van der Waals surface area contributed by atoms with Gasteiger partial charge < -0.3 is 0 Å². The molecule has 1 rings (SSSR count). The van der Waals surface area contributed by atoms with E-state index >= 15 is 0 Å². The van der Waals surface area contributed by atoms with Gasteiger partial charge in [-0.05, 0) is 0 Å². The number of rotatable bonds is 1. The van der Waals surface area contributed by atoms with Crippen LogP contribution < -0.4 is 0 Å². The van der Waals surface area contributed by atoms with Crippen LogP contribution in [0.1, 0.15) is 0 Å². The Kier molecular flexibility index (Phi) is 2.60. The minimum Gasteiger partial charge on any atom is -0.283 e. The highest BCUT2D eigenvalue weighted by Crippen LogP contribution is 2.70. The van der Waals surface area contributed by atoms with Gasteiger partial charge in [-0.15, -0.1) is 0 Å². The molecule has 0 amide bonds. The van der Waals surface area contributed by atoms with E-state index in [0.717, 1.165) is 0 Å². The Morgan fingerprint density at radius 1 is 0.611 bits per heavy atom. The highest BCUT2D eigenvalue weighted by Gasteiger charge is 3.04. The highest BCUT2D eigenvalue weighted by molar-refractivity contribution is 7.87. The van der Waals surface area contributed by atoms with Gasteiger partial charge in [0.25, 0.3) is 0 Å². The van der Waals surface area contributed by atoms with Gasteiger partial charge in [0.15, 0.2) is 0 Å². The largest absolute Gasteiger partial charge is 0.383 e. The first-order chi connectivity index (χ1) is 7.50. The van der Waals surface area contributed by atoms with Crippen LogP contribution in [0.5, 0.6) is 0 Å². The van der Waals surface area contributed by atoms with E-state index in [9.17, 15) is 47.9 Å². The summed E-state index contributed by atoms with van der Waals surface area (Å²) in [6, 6.07) is 0. The number of hydrogen-bond acceptors (Lipinski definition) is 2. The summed E-state index contributed by atoms with van der Waals surface area (Å²) in [6.45, 7) is 0. The van der Waals surface area contributed by atoms with Crippen LogP contribution in [0.15, 0.2) is 0 Å². The Bertz CT molecular complexity index is 454. The van der Waals surface area contributed by atoms with Crippen molar-refractivity contribution in [1.82, 2.24) is 0 Å². The van der Waals surface area contributed by atoms with Crippen LogP contribution in [0.25, 0.3) is 0 Å². The van der Waals surface area contributed by atoms with E-state index in [1.807, 2.05) is 0 Å². The van der Waals surface area contributed by atoms with E-state index in [4.69, 9.17) is 4.55 Å². The molecule has 0 aromatic heterocycles. The second-order valence-corrected chi connectivity index (χ2v) is 4.88. The molecule has 0 heterocycles. The predicted octanol–water partition coefficient (Wildman–Crippen LogP) is 2.09. The fraction of sp³-hybridized carbons (Fsp3) is 1.00. The maximum atomic E-state index is 13.1. The normalized spacial score (nSPS) is 31.2. The number of alkyl halides is 9. The summed E-state index contributed by atoms with van der Waals surface area (Å²) in [4.78, 5) is 0. The smallest absolute Gasteiger partial charge is 0.283 e. The minimum atomic E-state index is -7.29. The quantitative estimate of drug-likeness (QED) is 0.596. The zero-order valence-corrected chi connectivity index (χ0v) is 8.39. The maximum Gasteiger partial charge on any atom is 0.383 e. The molecule has 1 saturated carbocycles. The van der Waals surface area contributed by atoms with Crippen molar-refractivity contribution in [3.8, 4) is 0 Å². The molecule has 0 aromatic rings. The number of hydrogen-bond donors (Lipinski definition) is 1. The first-order valence-corrected chi connectivity index (χ1v) is 5.11. The molecule has 0 bridgehead atoms. The molecule has 3 nitrogen and oxygen atoms in total. The van der Waals surface area contributed by atoms with Gasteiger partial charge in [-0.3, -0.25) is 4.55 Å². The third-order valence-corrected chi connectivity index (χ3v) is 3.57. The molecular weight excluding hydrogens is 311 g/mol. The molecular formula is C5HF9O3S. The maximum absolute atomic E-state index is 13.1. The molecule has 1 aliphatic carbocycles. The van der Waals surface area contributed by atoms with Crippen molar-refractivity contribution < 1.29 is 52.5 Å². The van der Waals surface area contributed by atoms with E-state index in [1.54, 1.807) is 0 Å². The van der Waals surface area contributed by atoms with Crippen LogP contribution in [0.2, 0.25) is 0 Å². The van der Waals surface area contributed by atoms with Crippen LogP contribution in [0.3, 0.4) is 0 Å². The molecule has 108 valence electrons. The molecule has 1 fully saturated rings. The van der Waals surface area contributed by atoms with Crippen LogP contribution in [-0.4, -0.2) is 41.7 Å². The molecule has 0 spiro atoms. The summed E-state index contributed by atoms with van der Waals surface area (Å²) in [5.74, 6) is -28.1. The van der Waals surface area contributed by atoms with Crippen LogP contribution in [-0.2, 0) is 10.1 Å². The van der Waals surface area contributed by atoms with Crippen molar-refractivity contribution in [3.05, 3.63) is 0 Å². The van der Waals surface area contributed by atoms with Crippen LogP contribution in [0, 0.1) is 0 Å². The lowest BCUT2D eigenvalue weighted by Crippen LogP contribution is -2.59. The van der Waals surface area contributed by atoms with Gasteiger partial charge in [0, 0.05) is 0 Å². The van der Waals surface area contributed by atoms with E-state index < -0.39 is 38.8 Å². The van der Waals surface area contributed by atoms with E-state index in [2.05, 4.69) is 0 Å². The van der Waals surface area contributed by atoms with Crippen LogP contribution >= 0.6 is 0 Å². The second kappa shape index (κ2) is 3.05. The molecule has 0 unspecified atom stereocenters. The highest BCUT2D eigenvalue weighted by atomic mass is 32.2. The van der Waals surface area contributed by atoms with Crippen molar-refractivity contribution >= 4 is 10.1 Å². The standard InChI is InChI=1S/C5HF9O3S/c6-1(7)2(8,9)4(12,13)5(14,3(1,10)11)18(15,16)17/h(H,15,16,17). The van der Waals surface area contributed by atoms with Gasteiger partial charge in [-0.2, -0.15) is 43.5 Å². The summed E-state index contributed by atoms with van der Waals surface area (Å²) in [7, 11) is -7.29. The van der Waals surface area contributed by atoms with E-state index in [-0.39, 0.29) is 0 Å². The van der Waals surface area contributed by atoms with Gasteiger partial charge in [-0.25, -0.2) is 4.39 Å². The Hall–Kier alpha value is -0.720. The van der Waals surface area contributed by atoms with Gasteiger partial charge >= 0.3 is 38.8 Å². The molecule has 0 radical (unpaired) electrons. The fourth-order valence-electron chi connectivity index (χ4n) is 1.32. The topological polar surface area (TPSA) is 54.4 Å². The summed E-state index contributed by atoms with van der Waals surface area (Å²) in [6.07, 6.45) is 0. The monoisotopic (exact) mass is 312 g/mol. The van der Waals surface area contributed by atoms with Crippen molar-refractivity contribution in [2.75, 3.05) is 0 Å². The predicted molar refractivity (Wildman–Crippen MR) is 35.2 cm³/mol. The first-order valence-electron chi connectivity index (χ1n) is 3.67. The Balaban J connectivity index is 3.87. The van der Waals surface area contributed by atoms with Crippen LogP contribution in [0.4, 0.5) is 39.5 Å². The van der Waals surface area contributed by atoms with Gasteiger partial charge in [0.1, 0.15) is 0 Å². The zero-order valence-electron chi connectivity index (χ0n) is 7.57. The summed E-state index contributed by atoms with van der Waals surface area (Å²) < 4.78 is 141. The lowest BCUT2D eigenvalue weighted by atomic mass is 10.2. The lowest BCUT2D eigenvalue weighted by molar-refractivity contribution is -0.303. The summed E-state index contributed by atoms with van der Waals surface area (Å²) in [5, 5.41) is -6.85. The van der Waals surface area contributed by atoms with E-state index in [1.165, 1.54) is 0 Å². The van der Waals surface area contributed by atoms with Crippen molar-refractivity contribution in [2.45, 2.75) is 28.7 Å². The Morgan fingerprint density at radius 3 is 0.944 bits per heavy atom. The van der Waals surface area contributed by atoms with Crippen molar-refractivity contribution in [1.29, 1.82) is 0 Å². The van der Waals surface area contributed by atoms with E-state index in [0.29, 0.717) is 0 Å². The molecule has 0 saturated heterocycles. The average Bonchev–Trinajstić information content (AvgIpc) is 2.16. The van der Waals surface area contributed by atoms with Gasteiger partial charge in [0.2, 0.25) is 0 Å². The molecule has 0 atom stereocenters. The minimum absolute atomic E-state index is 6.85. The first kappa shape index (κ1) is 15.3. The molecule has 0 aromatic carbocycles. The second-order valence-electron chi connectivity index (χ2n) is 3.37.